The number of thiocarbonyl (C=S) groups is 1. The van der Waals surface area contributed by atoms with E-state index in [1.165, 1.54) is 16.7 Å². The highest BCUT2D eigenvalue weighted by Gasteiger charge is 2.53. The molecule has 0 radical (unpaired) electrons. The van der Waals surface area contributed by atoms with Crippen LogP contribution in [-0.2, 0) is 20.8 Å². The lowest BCUT2D eigenvalue weighted by atomic mass is 10.0. The lowest BCUT2D eigenvalue weighted by molar-refractivity contribution is -0.148. The number of β-lactam (4-membered cyclic amide) rings is 1. The number of carbonyl (C=O) groups is 3. The highest BCUT2D eigenvalue weighted by molar-refractivity contribution is 8.01. The van der Waals surface area contributed by atoms with E-state index in [2.05, 4.69) is 15.5 Å². The summed E-state index contributed by atoms with van der Waals surface area (Å²) >= 11 is 7.62. The number of hydrogen-bond donors (Lipinski definition) is 3. The molecule has 158 valence electrons. The molecule has 1 unspecified atom stereocenters. The summed E-state index contributed by atoms with van der Waals surface area (Å²) in [6, 6.07) is 1.35. The van der Waals surface area contributed by atoms with Gasteiger partial charge in [0, 0.05) is 24.3 Å². The van der Waals surface area contributed by atoms with Crippen molar-refractivity contribution in [3.8, 4) is 6.07 Å². The van der Waals surface area contributed by atoms with Crippen molar-refractivity contribution < 1.29 is 29.0 Å². The van der Waals surface area contributed by atoms with Crippen molar-refractivity contribution >= 4 is 58.6 Å². The number of hydrogen-bond acceptors (Lipinski definition) is 10. The van der Waals surface area contributed by atoms with Crippen molar-refractivity contribution in [3.05, 3.63) is 17.2 Å². The summed E-state index contributed by atoms with van der Waals surface area (Å²) in [5.41, 5.74) is 0.438. The summed E-state index contributed by atoms with van der Waals surface area (Å²) in [7, 11) is 0. The van der Waals surface area contributed by atoms with Crippen LogP contribution >= 0.6 is 35.7 Å². The number of nitrogens with one attached hydrogen (secondary N) is 1. The summed E-state index contributed by atoms with van der Waals surface area (Å²) in [5, 5.41) is 37.0. The molecule has 14 heteroatoms. The minimum absolute atomic E-state index is 0.0466. The maximum atomic E-state index is 12.6. The molecule has 1 saturated heterocycles. The van der Waals surface area contributed by atoms with Gasteiger partial charge in [0.15, 0.2) is 0 Å². The van der Waals surface area contributed by atoms with Crippen LogP contribution in [0.1, 0.15) is 18.7 Å². The molecule has 0 spiro atoms. The largest absolute Gasteiger partial charge is 0.481 e. The Morgan fingerprint density at radius 1 is 1.43 bits per heavy atom. The van der Waals surface area contributed by atoms with Gasteiger partial charge in [0.25, 0.3) is 11.1 Å². The molecule has 0 aliphatic carbocycles. The first kappa shape index (κ1) is 22.1. The number of aliphatic carboxylic acids is 2. The van der Waals surface area contributed by atoms with Crippen LogP contribution in [0.5, 0.6) is 0 Å². The van der Waals surface area contributed by atoms with E-state index < -0.39 is 35.7 Å². The van der Waals surface area contributed by atoms with Crippen molar-refractivity contribution in [1.29, 1.82) is 5.26 Å². The Morgan fingerprint density at radius 2 is 2.20 bits per heavy atom. The molecule has 1 fully saturated rings. The predicted molar refractivity (Wildman–Crippen MR) is 108 cm³/mol. The normalized spacial score (nSPS) is 20.2. The van der Waals surface area contributed by atoms with Crippen LogP contribution in [0.15, 0.2) is 20.9 Å². The van der Waals surface area contributed by atoms with Crippen LogP contribution in [0.25, 0.3) is 0 Å². The van der Waals surface area contributed by atoms with Gasteiger partial charge in [0.1, 0.15) is 23.5 Å². The van der Waals surface area contributed by atoms with Gasteiger partial charge in [-0.25, -0.2) is 4.79 Å². The maximum absolute atomic E-state index is 12.6. The predicted octanol–water partition coefficient (Wildman–Crippen LogP) is 0.632. The Balaban J connectivity index is 1.67. The van der Waals surface area contributed by atoms with Gasteiger partial charge in [-0.15, -0.1) is 22.0 Å². The molecule has 0 bridgehead atoms. The van der Waals surface area contributed by atoms with E-state index >= 15 is 0 Å². The number of fused-ring (bicyclic) bond motifs is 1. The third-order valence-corrected chi connectivity index (χ3v) is 6.72. The van der Waals surface area contributed by atoms with Gasteiger partial charge in [0.2, 0.25) is 5.89 Å². The standard InChI is InChI=1S/C16H15N5O6S3/c17-3-1-2-9(28)18-11-13(24)21-12(15(25)26)7(5-29-14(11)21)6-30-16-20-19-8(27-16)4-10(22)23/h11,14H,1-2,4-6H2,(H,18,28)(H,22,23)(H,25,26)/t11?,14-/m1/s1. The van der Waals surface area contributed by atoms with Gasteiger partial charge in [-0.05, 0) is 5.57 Å². The summed E-state index contributed by atoms with van der Waals surface area (Å²) < 4.78 is 5.21. The van der Waals surface area contributed by atoms with Gasteiger partial charge in [-0.1, -0.05) is 24.0 Å². The molecule has 2 aliphatic rings. The molecular weight excluding hydrogens is 454 g/mol. The number of rotatable bonds is 9. The van der Waals surface area contributed by atoms with Gasteiger partial charge in [-0.2, -0.15) is 5.26 Å². The second-order valence-electron chi connectivity index (χ2n) is 6.19. The zero-order valence-corrected chi connectivity index (χ0v) is 17.7. The molecule has 3 N–H and O–H groups in total. The molecule has 3 heterocycles. The highest BCUT2D eigenvalue weighted by Crippen LogP contribution is 2.41. The van der Waals surface area contributed by atoms with Gasteiger partial charge in [0.05, 0.1) is 11.1 Å². The first-order chi connectivity index (χ1) is 14.3. The average Bonchev–Trinajstić information content (AvgIpc) is 3.14. The van der Waals surface area contributed by atoms with E-state index in [1.807, 2.05) is 6.07 Å². The molecule has 30 heavy (non-hydrogen) atoms. The molecule has 2 atom stereocenters. The molecule has 3 rings (SSSR count). The summed E-state index contributed by atoms with van der Waals surface area (Å²) in [6.07, 6.45) is 0.172. The van der Waals surface area contributed by atoms with E-state index in [4.69, 9.17) is 27.0 Å². The Morgan fingerprint density at radius 3 is 2.87 bits per heavy atom. The Hall–Kier alpha value is -2.63. The zero-order valence-electron chi connectivity index (χ0n) is 15.2. The first-order valence-corrected chi connectivity index (χ1v) is 11.0. The Labute approximate surface area is 183 Å². The second-order valence-corrected chi connectivity index (χ2v) is 8.72. The number of amides is 1. The number of aromatic nitrogens is 2. The SMILES string of the molecule is N#CCCC(=S)NC1C(=O)N2C(C(=O)O)=C(CSc3nnc(CC(=O)O)o3)CS[C@H]12. The summed E-state index contributed by atoms with van der Waals surface area (Å²) in [4.78, 5) is 36.7. The van der Waals surface area contributed by atoms with Crippen LogP contribution < -0.4 is 5.32 Å². The molecule has 1 amide bonds. The molecule has 0 aromatic carbocycles. The van der Waals surface area contributed by atoms with Crippen LogP contribution in [0.2, 0.25) is 0 Å². The molecule has 2 aliphatic heterocycles. The van der Waals surface area contributed by atoms with Crippen LogP contribution in [-0.4, -0.2) is 71.1 Å². The van der Waals surface area contributed by atoms with Crippen LogP contribution in [0.3, 0.4) is 0 Å². The summed E-state index contributed by atoms with van der Waals surface area (Å²) in [5.74, 6) is -2.19. The highest BCUT2D eigenvalue weighted by atomic mass is 32.2. The smallest absolute Gasteiger partial charge is 0.352 e. The fourth-order valence-electron chi connectivity index (χ4n) is 2.86. The summed E-state index contributed by atoms with van der Waals surface area (Å²) in [6.45, 7) is 0. The lowest BCUT2D eigenvalue weighted by Crippen LogP contribution is -2.70. The second kappa shape index (κ2) is 9.45. The Kier molecular flexibility index (Phi) is 6.95. The van der Waals surface area contributed by atoms with E-state index in [-0.39, 0.29) is 29.0 Å². The van der Waals surface area contributed by atoms with Crippen molar-refractivity contribution in [1.82, 2.24) is 20.4 Å². The minimum Gasteiger partial charge on any atom is -0.481 e. The number of carbonyl (C=O) groups excluding carboxylic acids is 1. The molecule has 11 nitrogen and oxygen atoms in total. The van der Waals surface area contributed by atoms with E-state index in [1.54, 1.807) is 0 Å². The minimum atomic E-state index is -1.22. The number of nitrogens with zero attached hydrogens (tertiary/aromatic N) is 4. The van der Waals surface area contributed by atoms with Crippen molar-refractivity contribution in [2.75, 3.05) is 11.5 Å². The fourth-order valence-corrected chi connectivity index (χ4v) is 5.35. The van der Waals surface area contributed by atoms with Gasteiger partial charge in [-0.3, -0.25) is 14.5 Å². The molecular formula is C16H15N5O6S3. The molecule has 1 aromatic heterocycles. The number of carboxylic acid groups (broad SMARTS) is 2. The molecule has 1 aromatic rings. The van der Waals surface area contributed by atoms with Gasteiger partial charge >= 0.3 is 11.9 Å². The van der Waals surface area contributed by atoms with Crippen molar-refractivity contribution in [2.24, 2.45) is 0 Å². The number of nitriles is 1. The van der Waals surface area contributed by atoms with E-state index in [0.717, 1.165) is 11.8 Å². The number of carboxylic acids is 2. The zero-order chi connectivity index (χ0) is 21.8. The quantitative estimate of drug-likeness (QED) is 0.262. The van der Waals surface area contributed by atoms with Crippen molar-refractivity contribution in [2.45, 2.75) is 35.9 Å². The van der Waals surface area contributed by atoms with E-state index in [0.29, 0.717) is 22.7 Å². The molecule has 0 saturated carbocycles. The Bertz CT molecular complexity index is 971. The van der Waals surface area contributed by atoms with Crippen LogP contribution in [0, 0.1) is 11.3 Å². The first-order valence-electron chi connectivity index (χ1n) is 8.55. The van der Waals surface area contributed by atoms with Crippen LogP contribution in [0.4, 0.5) is 0 Å². The topological polar surface area (TPSA) is 170 Å². The maximum Gasteiger partial charge on any atom is 0.352 e. The monoisotopic (exact) mass is 469 g/mol. The van der Waals surface area contributed by atoms with Crippen molar-refractivity contribution in [3.63, 3.8) is 0 Å². The lowest BCUT2D eigenvalue weighted by Gasteiger charge is -2.49. The fraction of sp³-hybridized carbons (Fsp3) is 0.438. The number of thioether (sulfide) groups is 2. The van der Waals surface area contributed by atoms with E-state index in [9.17, 15) is 19.5 Å². The average molecular weight is 470 g/mol. The third-order valence-electron chi connectivity index (χ3n) is 4.15. The van der Waals surface area contributed by atoms with Gasteiger partial charge < -0.3 is 19.9 Å². The third kappa shape index (κ3) is 4.74.